The molecule has 0 atom stereocenters. The molecule has 17 heavy (non-hydrogen) atoms. The third kappa shape index (κ3) is 2.58. The van der Waals surface area contributed by atoms with Crippen LogP contribution in [0.15, 0.2) is 21.2 Å². The third-order valence-corrected chi connectivity index (χ3v) is 3.62. The van der Waals surface area contributed by atoms with Gasteiger partial charge in [-0.1, -0.05) is 0 Å². The van der Waals surface area contributed by atoms with Gasteiger partial charge in [-0.15, -0.1) is 11.3 Å². The molecule has 0 aromatic carbocycles. The average molecular weight is 316 g/mol. The molecule has 0 bridgehead atoms. The summed E-state index contributed by atoms with van der Waals surface area (Å²) in [4.78, 5) is 16.4. The van der Waals surface area contributed by atoms with Crippen LogP contribution in [0, 0.1) is 6.92 Å². The molecule has 2 heterocycles. The molecule has 2 aromatic rings. The van der Waals surface area contributed by atoms with Crippen molar-refractivity contribution in [1.82, 2.24) is 4.98 Å². The number of halogens is 1. The SMILES string of the molecule is CCOC(=O)c1sc(-c2ccc(Br)o2)nc1C. The molecule has 0 aliphatic heterocycles. The molecule has 0 aliphatic carbocycles. The monoisotopic (exact) mass is 315 g/mol. The van der Waals surface area contributed by atoms with Gasteiger partial charge in [0.15, 0.2) is 15.4 Å². The number of thiazole rings is 1. The van der Waals surface area contributed by atoms with E-state index in [1.165, 1.54) is 11.3 Å². The fourth-order valence-electron chi connectivity index (χ4n) is 1.32. The lowest BCUT2D eigenvalue weighted by Crippen LogP contribution is -2.03. The van der Waals surface area contributed by atoms with Crippen LogP contribution in [0.5, 0.6) is 0 Å². The van der Waals surface area contributed by atoms with Crippen LogP contribution in [-0.2, 0) is 4.74 Å². The lowest BCUT2D eigenvalue weighted by atomic mass is 10.4. The van der Waals surface area contributed by atoms with Gasteiger partial charge < -0.3 is 9.15 Å². The van der Waals surface area contributed by atoms with Crippen molar-refractivity contribution in [3.8, 4) is 10.8 Å². The van der Waals surface area contributed by atoms with Crippen molar-refractivity contribution in [2.24, 2.45) is 0 Å². The highest BCUT2D eigenvalue weighted by Gasteiger charge is 2.18. The van der Waals surface area contributed by atoms with Gasteiger partial charge in [-0.2, -0.15) is 0 Å². The molecule has 0 fully saturated rings. The number of carbonyl (C=O) groups is 1. The Bertz CT molecular complexity index is 547. The van der Waals surface area contributed by atoms with Crippen molar-refractivity contribution < 1.29 is 13.9 Å². The van der Waals surface area contributed by atoms with Gasteiger partial charge in [-0.3, -0.25) is 0 Å². The summed E-state index contributed by atoms with van der Waals surface area (Å²) >= 11 is 4.50. The summed E-state index contributed by atoms with van der Waals surface area (Å²) in [5.41, 5.74) is 0.663. The molecule has 0 unspecified atom stereocenters. The van der Waals surface area contributed by atoms with Crippen molar-refractivity contribution in [3.05, 3.63) is 27.4 Å². The molecule has 0 saturated heterocycles. The Kier molecular flexibility index (Phi) is 3.63. The fraction of sp³-hybridized carbons (Fsp3) is 0.273. The summed E-state index contributed by atoms with van der Waals surface area (Å²) in [6, 6.07) is 3.59. The van der Waals surface area contributed by atoms with Crippen LogP contribution in [0.2, 0.25) is 0 Å². The van der Waals surface area contributed by atoms with E-state index in [2.05, 4.69) is 20.9 Å². The van der Waals surface area contributed by atoms with E-state index in [-0.39, 0.29) is 5.97 Å². The van der Waals surface area contributed by atoms with E-state index in [0.29, 0.717) is 32.6 Å². The van der Waals surface area contributed by atoms with Crippen LogP contribution in [0.3, 0.4) is 0 Å². The van der Waals surface area contributed by atoms with Gasteiger partial charge in [0.25, 0.3) is 0 Å². The Hall–Kier alpha value is -1.14. The van der Waals surface area contributed by atoms with Crippen LogP contribution in [-0.4, -0.2) is 17.6 Å². The maximum Gasteiger partial charge on any atom is 0.350 e. The number of hydrogen-bond acceptors (Lipinski definition) is 5. The maximum atomic E-state index is 11.6. The summed E-state index contributed by atoms with van der Waals surface area (Å²) in [6.45, 7) is 3.92. The molecule has 4 nitrogen and oxygen atoms in total. The second-order valence-corrected chi connectivity index (χ2v) is 5.04. The Balaban J connectivity index is 2.33. The molecule has 2 rings (SSSR count). The van der Waals surface area contributed by atoms with Gasteiger partial charge in [-0.25, -0.2) is 9.78 Å². The third-order valence-electron chi connectivity index (χ3n) is 2.04. The minimum absolute atomic E-state index is 0.334. The van der Waals surface area contributed by atoms with E-state index in [1.807, 2.05) is 0 Å². The summed E-state index contributed by atoms with van der Waals surface area (Å²) in [5, 5.41) is 0.677. The zero-order valence-electron chi connectivity index (χ0n) is 9.32. The lowest BCUT2D eigenvalue weighted by Gasteiger charge is -1.97. The number of aromatic nitrogens is 1. The number of rotatable bonds is 3. The van der Waals surface area contributed by atoms with Crippen molar-refractivity contribution in [1.29, 1.82) is 0 Å². The minimum atomic E-state index is -0.334. The zero-order chi connectivity index (χ0) is 12.4. The quantitative estimate of drug-likeness (QED) is 0.811. The molecular weight excluding hydrogens is 306 g/mol. The number of esters is 1. The number of aryl methyl sites for hydroxylation is 1. The molecule has 90 valence electrons. The number of nitrogens with zero attached hydrogens (tertiary/aromatic N) is 1. The standard InChI is InChI=1S/C11H10BrNO3S/c1-3-15-11(14)9-6(2)13-10(17-9)7-4-5-8(12)16-7/h4-5H,3H2,1-2H3. The zero-order valence-corrected chi connectivity index (χ0v) is 11.7. The molecule has 0 aliphatic rings. The first-order chi connectivity index (χ1) is 8.11. The molecule has 0 saturated carbocycles. The number of furan rings is 1. The van der Waals surface area contributed by atoms with Gasteiger partial charge in [0, 0.05) is 0 Å². The maximum absolute atomic E-state index is 11.6. The van der Waals surface area contributed by atoms with Crippen molar-refractivity contribution in [3.63, 3.8) is 0 Å². The van der Waals surface area contributed by atoms with Crippen LogP contribution in [0.25, 0.3) is 10.8 Å². The van der Waals surface area contributed by atoms with Gasteiger partial charge in [-0.05, 0) is 41.9 Å². The van der Waals surface area contributed by atoms with E-state index in [9.17, 15) is 4.79 Å². The van der Waals surface area contributed by atoms with Gasteiger partial charge in [0.05, 0.1) is 12.3 Å². The molecule has 2 aromatic heterocycles. The Morgan fingerprint density at radius 1 is 1.59 bits per heavy atom. The molecule has 0 spiro atoms. The van der Waals surface area contributed by atoms with Crippen molar-refractivity contribution >= 4 is 33.2 Å². The van der Waals surface area contributed by atoms with Crippen molar-refractivity contribution in [2.45, 2.75) is 13.8 Å². The second-order valence-electron chi connectivity index (χ2n) is 3.26. The summed E-state index contributed by atoms with van der Waals surface area (Å²) < 4.78 is 11.0. The number of carbonyl (C=O) groups excluding carboxylic acids is 1. The van der Waals surface area contributed by atoms with Crippen LogP contribution < -0.4 is 0 Å². The summed E-state index contributed by atoms with van der Waals surface area (Å²) in [7, 11) is 0. The van der Waals surface area contributed by atoms with E-state index < -0.39 is 0 Å². The first-order valence-corrected chi connectivity index (χ1v) is 6.63. The number of ether oxygens (including phenoxy) is 1. The Morgan fingerprint density at radius 3 is 2.94 bits per heavy atom. The van der Waals surface area contributed by atoms with E-state index in [0.717, 1.165) is 0 Å². The van der Waals surface area contributed by atoms with Crippen LogP contribution in [0.4, 0.5) is 0 Å². The molecule has 0 N–H and O–H groups in total. The predicted molar refractivity (Wildman–Crippen MR) is 68.2 cm³/mol. The predicted octanol–water partition coefficient (Wildman–Crippen LogP) is 3.65. The first-order valence-electron chi connectivity index (χ1n) is 5.02. The highest BCUT2D eigenvalue weighted by Crippen LogP contribution is 2.31. The van der Waals surface area contributed by atoms with Crippen LogP contribution >= 0.6 is 27.3 Å². The van der Waals surface area contributed by atoms with Gasteiger partial charge in [0.2, 0.25) is 0 Å². The van der Waals surface area contributed by atoms with Gasteiger partial charge in [0.1, 0.15) is 4.88 Å². The fourth-order valence-corrected chi connectivity index (χ4v) is 2.55. The second kappa shape index (κ2) is 5.01. The molecule has 6 heteroatoms. The largest absolute Gasteiger partial charge is 0.462 e. The smallest absolute Gasteiger partial charge is 0.350 e. The Morgan fingerprint density at radius 2 is 2.35 bits per heavy atom. The number of hydrogen-bond donors (Lipinski definition) is 0. The molecule has 0 amide bonds. The van der Waals surface area contributed by atoms with Crippen LogP contribution in [0.1, 0.15) is 22.3 Å². The van der Waals surface area contributed by atoms with Gasteiger partial charge >= 0.3 is 5.97 Å². The normalized spacial score (nSPS) is 10.5. The highest BCUT2D eigenvalue weighted by molar-refractivity contribution is 9.10. The lowest BCUT2D eigenvalue weighted by molar-refractivity contribution is 0.0531. The summed E-state index contributed by atoms with van der Waals surface area (Å²) in [5.74, 6) is 0.305. The molecule has 0 radical (unpaired) electrons. The van der Waals surface area contributed by atoms with E-state index >= 15 is 0 Å². The highest BCUT2D eigenvalue weighted by atomic mass is 79.9. The average Bonchev–Trinajstić information content (AvgIpc) is 2.85. The van der Waals surface area contributed by atoms with E-state index in [1.54, 1.807) is 26.0 Å². The summed E-state index contributed by atoms with van der Waals surface area (Å²) in [6.07, 6.45) is 0. The minimum Gasteiger partial charge on any atom is -0.462 e. The van der Waals surface area contributed by atoms with E-state index in [4.69, 9.17) is 9.15 Å². The molecular formula is C11H10BrNO3S. The first kappa shape index (κ1) is 12.3. The topological polar surface area (TPSA) is 52.3 Å². The van der Waals surface area contributed by atoms with Crippen molar-refractivity contribution in [2.75, 3.05) is 6.61 Å². The Labute approximate surface area is 111 Å².